The van der Waals surface area contributed by atoms with Crippen LogP contribution in [0.15, 0.2) is 12.4 Å². The first-order chi connectivity index (χ1) is 8.98. The number of rotatable bonds is 4. The number of nitrogens with zero attached hydrogens (tertiary/aromatic N) is 2. The normalized spacial score (nSPS) is 28.6. The van der Waals surface area contributed by atoms with Crippen LogP contribution in [-0.4, -0.2) is 22.9 Å². The minimum absolute atomic E-state index is 0.196. The molecule has 0 aliphatic heterocycles. The van der Waals surface area contributed by atoms with E-state index < -0.39 is 0 Å². The van der Waals surface area contributed by atoms with Crippen molar-refractivity contribution in [3.05, 3.63) is 18.0 Å². The van der Waals surface area contributed by atoms with Crippen molar-refractivity contribution < 1.29 is 0 Å². The topological polar surface area (TPSA) is 29.9 Å². The highest BCUT2D eigenvalue weighted by molar-refractivity contribution is 5.20. The van der Waals surface area contributed by atoms with Gasteiger partial charge in [-0.05, 0) is 49.6 Å². The third-order valence-corrected chi connectivity index (χ3v) is 5.11. The van der Waals surface area contributed by atoms with Crippen LogP contribution in [0.2, 0.25) is 0 Å². The SMILES string of the molecule is CCn1cc(C(C)(C)C2CCC(C)CC2NC)cn1. The van der Waals surface area contributed by atoms with E-state index in [0.717, 1.165) is 12.5 Å². The van der Waals surface area contributed by atoms with Crippen molar-refractivity contribution >= 4 is 0 Å². The molecule has 1 aliphatic rings. The highest BCUT2D eigenvalue weighted by atomic mass is 15.3. The van der Waals surface area contributed by atoms with E-state index in [1.54, 1.807) is 0 Å². The van der Waals surface area contributed by atoms with E-state index in [0.29, 0.717) is 12.0 Å². The summed E-state index contributed by atoms with van der Waals surface area (Å²) < 4.78 is 2.04. The Morgan fingerprint density at radius 3 is 2.74 bits per heavy atom. The van der Waals surface area contributed by atoms with Gasteiger partial charge in [0.25, 0.3) is 0 Å². The predicted molar refractivity (Wildman–Crippen MR) is 80.3 cm³/mol. The van der Waals surface area contributed by atoms with Gasteiger partial charge in [0, 0.05) is 18.8 Å². The molecule has 108 valence electrons. The van der Waals surface area contributed by atoms with E-state index in [2.05, 4.69) is 57.6 Å². The Morgan fingerprint density at radius 1 is 1.42 bits per heavy atom. The molecule has 3 unspecified atom stereocenters. The Hall–Kier alpha value is -0.830. The molecule has 0 saturated heterocycles. The third kappa shape index (κ3) is 2.86. The van der Waals surface area contributed by atoms with Crippen LogP contribution in [0.1, 0.15) is 52.5 Å². The summed E-state index contributed by atoms with van der Waals surface area (Å²) in [6.45, 7) is 10.2. The van der Waals surface area contributed by atoms with Gasteiger partial charge in [0.05, 0.1) is 6.20 Å². The lowest BCUT2D eigenvalue weighted by Gasteiger charge is -2.44. The van der Waals surface area contributed by atoms with Crippen LogP contribution in [-0.2, 0) is 12.0 Å². The lowest BCUT2D eigenvalue weighted by molar-refractivity contribution is 0.151. The molecular formula is C16H29N3. The zero-order valence-electron chi connectivity index (χ0n) is 13.1. The summed E-state index contributed by atoms with van der Waals surface area (Å²) in [4.78, 5) is 0. The highest BCUT2D eigenvalue weighted by Gasteiger charge is 2.39. The van der Waals surface area contributed by atoms with E-state index in [-0.39, 0.29) is 5.41 Å². The fraction of sp³-hybridized carbons (Fsp3) is 0.812. The first-order valence-electron chi connectivity index (χ1n) is 7.69. The average Bonchev–Trinajstić information content (AvgIpc) is 2.87. The van der Waals surface area contributed by atoms with Gasteiger partial charge >= 0.3 is 0 Å². The van der Waals surface area contributed by atoms with Crippen LogP contribution in [0.5, 0.6) is 0 Å². The van der Waals surface area contributed by atoms with E-state index in [4.69, 9.17) is 0 Å². The number of aromatic nitrogens is 2. The van der Waals surface area contributed by atoms with E-state index in [1.807, 2.05) is 4.68 Å². The molecule has 0 amide bonds. The van der Waals surface area contributed by atoms with Gasteiger partial charge in [-0.25, -0.2) is 0 Å². The van der Waals surface area contributed by atoms with E-state index in [9.17, 15) is 0 Å². The van der Waals surface area contributed by atoms with Crippen molar-refractivity contribution in [3.8, 4) is 0 Å². The van der Waals surface area contributed by atoms with Gasteiger partial charge in [0.15, 0.2) is 0 Å². The van der Waals surface area contributed by atoms with Crippen LogP contribution in [0.25, 0.3) is 0 Å². The van der Waals surface area contributed by atoms with Crippen LogP contribution in [0, 0.1) is 11.8 Å². The van der Waals surface area contributed by atoms with Crippen molar-refractivity contribution in [2.45, 2.75) is 65.0 Å². The fourth-order valence-corrected chi connectivity index (χ4v) is 3.65. The quantitative estimate of drug-likeness (QED) is 0.904. The van der Waals surface area contributed by atoms with Gasteiger partial charge in [0.1, 0.15) is 0 Å². The second kappa shape index (κ2) is 5.66. The Bertz CT molecular complexity index is 408. The Morgan fingerprint density at radius 2 is 2.16 bits per heavy atom. The lowest BCUT2D eigenvalue weighted by Crippen LogP contribution is -2.47. The average molecular weight is 263 g/mol. The second-order valence-corrected chi connectivity index (χ2v) is 6.73. The Labute approximate surface area is 117 Å². The molecule has 2 rings (SSSR count). The molecule has 19 heavy (non-hydrogen) atoms. The van der Waals surface area contributed by atoms with E-state index in [1.165, 1.54) is 24.8 Å². The lowest BCUT2D eigenvalue weighted by atomic mass is 9.64. The minimum atomic E-state index is 0.196. The fourth-order valence-electron chi connectivity index (χ4n) is 3.65. The zero-order valence-corrected chi connectivity index (χ0v) is 13.1. The summed E-state index contributed by atoms with van der Waals surface area (Å²) in [6, 6.07) is 0.628. The number of hydrogen-bond donors (Lipinski definition) is 1. The van der Waals surface area contributed by atoms with Gasteiger partial charge in [-0.1, -0.05) is 27.2 Å². The smallest absolute Gasteiger partial charge is 0.0527 e. The first kappa shape index (κ1) is 14.6. The van der Waals surface area contributed by atoms with Crippen LogP contribution < -0.4 is 5.32 Å². The molecule has 1 aliphatic carbocycles. The minimum Gasteiger partial charge on any atom is -0.317 e. The number of nitrogens with one attached hydrogen (secondary N) is 1. The molecule has 3 heteroatoms. The maximum atomic E-state index is 4.46. The molecular weight excluding hydrogens is 234 g/mol. The highest BCUT2D eigenvalue weighted by Crippen LogP contribution is 2.42. The van der Waals surface area contributed by atoms with Crippen LogP contribution in [0.3, 0.4) is 0 Å². The van der Waals surface area contributed by atoms with Crippen molar-refractivity contribution in [2.24, 2.45) is 11.8 Å². The molecule has 1 heterocycles. The molecule has 0 radical (unpaired) electrons. The molecule has 1 saturated carbocycles. The zero-order chi connectivity index (χ0) is 14.0. The van der Waals surface area contributed by atoms with Crippen LogP contribution in [0.4, 0.5) is 0 Å². The summed E-state index contributed by atoms with van der Waals surface area (Å²) in [5.41, 5.74) is 1.58. The molecule has 1 N–H and O–H groups in total. The molecule has 1 fully saturated rings. The molecule has 3 atom stereocenters. The van der Waals surface area contributed by atoms with Crippen molar-refractivity contribution in [2.75, 3.05) is 7.05 Å². The van der Waals surface area contributed by atoms with Gasteiger partial charge < -0.3 is 5.32 Å². The van der Waals surface area contributed by atoms with Crippen molar-refractivity contribution in [1.29, 1.82) is 0 Å². The van der Waals surface area contributed by atoms with Gasteiger partial charge in [-0.15, -0.1) is 0 Å². The summed E-state index contributed by atoms with van der Waals surface area (Å²) in [7, 11) is 2.11. The monoisotopic (exact) mass is 263 g/mol. The van der Waals surface area contributed by atoms with Crippen molar-refractivity contribution in [1.82, 2.24) is 15.1 Å². The molecule has 1 aromatic heterocycles. The van der Waals surface area contributed by atoms with Crippen molar-refractivity contribution in [3.63, 3.8) is 0 Å². The summed E-state index contributed by atoms with van der Waals surface area (Å²) in [5.74, 6) is 1.55. The number of aryl methyl sites for hydroxylation is 1. The Balaban J connectivity index is 2.21. The summed E-state index contributed by atoms with van der Waals surface area (Å²) in [6.07, 6.45) is 8.26. The molecule has 1 aromatic rings. The molecule has 0 aromatic carbocycles. The predicted octanol–water partition coefficient (Wildman–Crippen LogP) is 3.20. The van der Waals surface area contributed by atoms with Gasteiger partial charge in [-0.2, -0.15) is 5.10 Å². The first-order valence-corrected chi connectivity index (χ1v) is 7.69. The maximum Gasteiger partial charge on any atom is 0.0527 e. The van der Waals surface area contributed by atoms with E-state index >= 15 is 0 Å². The summed E-state index contributed by atoms with van der Waals surface area (Å²) in [5, 5.41) is 8.01. The Kier molecular flexibility index (Phi) is 4.34. The number of hydrogen-bond acceptors (Lipinski definition) is 2. The van der Waals surface area contributed by atoms with Crippen LogP contribution >= 0.6 is 0 Å². The standard InChI is InChI=1S/C16H29N3/c1-6-19-11-13(10-18-19)16(3,4)14-8-7-12(2)9-15(14)17-5/h10-12,14-15,17H,6-9H2,1-5H3. The second-order valence-electron chi connectivity index (χ2n) is 6.73. The van der Waals surface area contributed by atoms with Gasteiger partial charge in [0.2, 0.25) is 0 Å². The van der Waals surface area contributed by atoms with Gasteiger partial charge in [-0.3, -0.25) is 4.68 Å². The molecule has 3 nitrogen and oxygen atoms in total. The third-order valence-electron chi connectivity index (χ3n) is 5.11. The largest absolute Gasteiger partial charge is 0.317 e. The molecule has 0 spiro atoms. The molecule has 0 bridgehead atoms. The maximum absolute atomic E-state index is 4.46. The summed E-state index contributed by atoms with van der Waals surface area (Å²) >= 11 is 0.